The summed E-state index contributed by atoms with van der Waals surface area (Å²) in [5.74, 6) is -0.284. The van der Waals surface area contributed by atoms with Crippen LogP contribution in [0.2, 0.25) is 0 Å². The van der Waals surface area contributed by atoms with E-state index >= 15 is 0 Å². The minimum Gasteiger partial charge on any atom is -0.430 e. The summed E-state index contributed by atoms with van der Waals surface area (Å²) >= 11 is 0. The number of allylic oxidation sites excluding steroid dienone is 2. The van der Waals surface area contributed by atoms with Gasteiger partial charge < -0.3 is 20.5 Å². The summed E-state index contributed by atoms with van der Waals surface area (Å²) < 4.78 is 5.04. The molecule has 1 fully saturated rings. The van der Waals surface area contributed by atoms with Crippen LogP contribution in [0, 0.1) is 0 Å². The quantitative estimate of drug-likeness (QED) is 0.745. The Morgan fingerprint density at radius 3 is 2.95 bits per heavy atom. The second-order valence-corrected chi connectivity index (χ2v) is 4.89. The van der Waals surface area contributed by atoms with Crippen molar-refractivity contribution in [1.29, 1.82) is 0 Å². The molecule has 19 heavy (non-hydrogen) atoms. The third kappa shape index (κ3) is 3.21. The molecule has 0 aromatic carbocycles. The van der Waals surface area contributed by atoms with Gasteiger partial charge in [-0.3, -0.25) is 4.79 Å². The van der Waals surface area contributed by atoms with Gasteiger partial charge in [0.15, 0.2) is 5.60 Å². The molecule has 2 atom stereocenters. The van der Waals surface area contributed by atoms with Crippen molar-refractivity contribution in [2.75, 3.05) is 19.6 Å². The van der Waals surface area contributed by atoms with Crippen molar-refractivity contribution in [1.82, 2.24) is 4.90 Å². The first kappa shape index (κ1) is 13.8. The largest absolute Gasteiger partial charge is 0.430 e. The number of hydrogen-bond acceptors (Lipinski definition) is 5. The number of β-amino-alcohol motifs (C(OH)–C–C–N with tert-alkyl or cyclic N) is 1. The molecule has 6 nitrogen and oxygen atoms in total. The molecule has 0 aromatic heterocycles. The molecule has 6 heteroatoms. The maximum Gasteiger partial charge on any atom is 0.405 e. The second kappa shape index (κ2) is 5.54. The summed E-state index contributed by atoms with van der Waals surface area (Å²) in [5, 5.41) is 9.46. The van der Waals surface area contributed by atoms with E-state index in [0.717, 1.165) is 13.0 Å². The van der Waals surface area contributed by atoms with Crippen molar-refractivity contribution in [3.63, 3.8) is 0 Å². The van der Waals surface area contributed by atoms with Crippen LogP contribution in [0.25, 0.3) is 0 Å². The van der Waals surface area contributed by atoms with Gasteiger partial charge in [0.05, 0.1) is 6.10 Å². The van der Waals surface area contributed by atoms with Crippen LogP contribution in [0.15, 0.2) is 24.3 Å². The van der Waals surface area contributed by atoms with Gasteiger partial charge in [-0.05, 0) is 18.6 Å². The third-order valence-corrected chi connectivity index (χ3v) is 3.47. The summed E-state index contributed by atoms with van der Waals surface area (Å²) in [4.78, 5) is 25.0. The number of ether oxygens (including phenoxy) is 1. The minimum absolute atomic E-state index is 0.284. The molecule has 0 unspecified atom stereocenters. The predicted molar refractivity (Wildman–Crippen MR) is 68.4 cm³/mol. The smallest absolute Gasteiger partial charge is 0.405 e. The van der Waals surface area contributed by atoms with Gasteiger partial charge in [-0.15, -0.1) is 0 Å². The topological polar surface area (TPSA) is 92.9 Å². The van der Waals surface area contributed by atoms with E-state index in [1.165, 1.54) is 6.08 Å². The SMILES string of the molecule is NC(=O)O[C@@]1(CCN2CC[C@H](O)C2)C=CC=CC1=O. The standard InChI is InChI=1S/C13H18N2O4/c14-12(18)19-13(5-2-1-3-11(13)17)6-8-15-7-4-10(16)9-15/h1-3,5,10,16H,4,6-9H2,(H2,14,18)/t10-,13+/m0/s1. The monoisotopic (exact) mass is 266 g/mol. The molecule has 0 saturated carbocycles. The van der Waals surface area contributed by atoms with Crippen LogP contribution in [-0.2, 0) is 9.53 Å². The van der Waals surface area contributed by atoms with Crippen molar-refractivity contribution < 1.29 is 19.4 Å². The number of hydrogen-bond donors (Lipinski definition) is 2. The van der Waals surface area contributed by atoms with Gasteiger partial charge in [-0.2, -0.15) is 0 Å². The first-order valence-electron chi connectivity index (χ1n) is 6.31. The van der Waals surface area contributed by atoms with E-state index in [4.69, 9.17) is 10.5 Å². The Hall–Kier alpha value is -1.66. The number of nitrogens with two attached hydrogens (primary N) is 1. The van der Waals surface area contributed by atoms with E-state index in [1.807, 2.05) is 4.90 Å². The molecule has 1 saturated heterocycles. The molecule has 0 radical (unpaired) electrons. The van der Waals surface area contributed by atoms with Crippen LogP contribution in [-0.4, -0.2) is 53.2 Å². The molecule has 0 bridgehead atoms. The number of rotatable bonds is 4. The lowest BCUT2D eigenvalue weighted by molar-refractivity contribution is -0.129. The highest BCUT2D eigenvalue weighted by molar-refractivity contribution is 6.01. The van der Waals surface area contributed by atoms with Crippen molar-refractivity contribution in [2.24, 2.45) is 5.73 Å². The molecule has 1 heterocycles. The maximum atomic E-state index is 12.0. The first-order chi connectivity index (χ1) is 9.02. The highest BCUT2D eigenvalue weighted by Crippen LogP contribution is 2.25. The molecule has 1 aliphatic carbocycles. The van der Waals surface area contributed by atoms with Crippen LogP contribution in [0.1, 0.15) is 12.8 Å². The van der Waals surface area contributed by atoms with Crippen LogP contribution >= 0.6 is 0 Å². The minimum atomic E-state index is -1.30. The average Bonchev–Trinajstić information content (AvgIpc) is 2.76. The lowest BCUT2D eigenvalue weighted by atomic mass is 9.90. The number of carbonyl (C=O) groups is 2. The molecule has 0 spiro atoms. The van der Waals surface area contributed by atoms with Gasteiger partial charge >= 0.3 is 6.09 Å². The van der Waals surface area contributed by atoms with Crippen LogP contribution in [0.3, 0.4) is 0 Å². The maximum absolute atomic E-state index is 12.0. The number of primary amides is 1. The number of aliphatic hydroxyl groups is 1. The molecule has 2 aliphatic rings. The fourth-order valence-electron chi connectivity index (χ4n) is 2.44. The Balaban J connectivity index is 2.02. The summed E-state index contributed by atoms with van der Waals surface area (Å²) in [7, 11) is 0. The zero-order valence-corrected chi connectivity index (χ0v) is 10.6. The lowest BCUT2D eigenvalue weighted by Gasteiger charge is -2.30. The molecule has 2 rings (SSSR count). The van der Waals surface area contributed by atoms with E-state index in [1.54, 1.807) is 18.2 Å². The van der Waals surface area contributed by atoms with E-state index in [9.17, 15) is 14.7 Å². The van der Waals surface area contributed by atoms with Crippen molar-refractivity contribution in [2.45, 2.75) is 24.5 Å². The van der Waals surface area contributed by atoms with E-state index in [0.29, 0.717) is 19.5 Å². The van der Waals surface area contributed by atoms with Gasteiger partial charge in [0.1, 0.15) is 0 Å². The predicted octanol–water partition coefficient (Wildman–Crippen LogP) is -0.0277. The highest BCUT2D eigenvalue weighted by atomic mass is 16.6. The normalized spacial score (nSPS) is 30.8. The Morgan fingerprint density at radius 2 is 2.37 bits per heavy atom. The number of ketones is 1. The summed E-state index contributed by atoms with van der Waals surface area (Å²) in [6.45, 7) is 1.93. The Bertz CT molecular complexity index is 432. The van der Waals surface area contributed by atoms with Crippen LogP contribution < -0.4 is 5.73 Å². The van der Waals surface area contributed by atoms with E-state index in [-0.39, 0.29) is 11.9 Å². The second-order valence-electron chi connectivity index (χ2n) is 4.89. The number of nitrogens with zero attached hydrogens (tertiary/aromatic N) is 1. The van der Waals surface area contributed by atoms with Crippen molar-refractivity contribution in [3.05, 3.63) is 24.3 Å². The zero-order chi connectivity index (χ0) is 13.9. The van der Waals surface area contributed by atoms with E-state index in [2.05, 4.69) is 0 Å². The zero-order valence-electron chi connectivity index (χ0n) is 10.6. The molecule has 1 aliphatic heterocycles. The van der Waals surface area contributed by atoms with Gasteiger partial charge in [0, 0.05) is 26.1 Å². The van der Waals surface area contributed by atoms with Gasteiger partial charge in [-0.1, -0.05) is 12.2 Å². The summed E-state index contributed by atoms with van der Waals surface area (Å²) in [6, 6.07) is 0. The molecular formula is C13H18N2O4. The Labute approximate surface area is 111 Å². The van der Waals surface area contributed by atoms with Crippen molar-refractivity contribution in [3.8, 4) is 0 Å². The number of amides is 1. The molecular weight excluding hydrogens is 248 g/mol. The van der Waals surface area contributed by atoms with Crippen molar-refractivity contribution >= 4 is 11.9 Å². The molecule has 1 amide bonds. The number of aliphatic hydroxyl groups excluding tert-OH is 1. The van der Waals surface area contributed by atoms with Gasteiger partial charge in [0.2, 0.25) is 5.78 Å². The number of likely N-dealkylation sites (tertiary alicyclic amines) is 1. The Morgan fingerprint density at radius 1 is 1.58 bits per heavy atom. The molecule has 104 valence electrons. The van der Waals surface area contributed by atoms with Crippen LogP contribution in [0.5, 0.6) is 0 Å². The molecule has 0 aromatic rings. The first-order valence-corrected chi connectivity index (χ1v) is 6.31. The third-order valence-electron chi connectivity index (χ3n) is 3.47. The van der Waals surface area contributed by atoms with Gasteiger partial charge in [0.25, 0.3) is 0 Å². The molecule has 3 N–H and O–H groups in total. The Kier molecular flexibility index (Phi) is 4.01. The fraction of sp³-hybridized carbons (Fsp3) is 0.538. The lowest BCUT2D eigenvalue weighted by Crippen LogP contribution is -2.45. The fourth-order valence-corrected chi connectivity index (χ4v) is 2.44. The highest BCUT2D eigenvalue weighted by Gasteiger charge is 2.39. The van der Waals surface area contributed by atoms with Gasteiger partial charge in [-0.25, -0.2) is 4.79 Å². The summed E-state index contributed by atoms with van der Waals surface area (Å²) in [6.07, 6.45) is 6.00. The average molecular weight is 266 g/mol. The number of carbonyl (C=O) groups excluding carboxylic acids is 2. The van der Waals surface area contributed by atoms with E-state index < -0.39 is 11.7 Å². The van der Waals surface area contributed by atoms with Crippen LogP contribution in [0.4, 0.5) is 4.79 Å². The summed E-state index contributed by atoms with van der Waals surface area (Å²) in [5.41, 5.74) is 3.75.